The van der Waals surface area contributed by atoms with E-state index in [1.54, 1.807) is 12.1 Å². The number of carbonyl (C=O) groups excluding carboxylic acids is 3. The first-order valence-electron chi connectivity index (χ1n) is 9.96. The fourth-order valence-corrected chi connectivity index (χ4v) is 4.98. The number of para-hydroxylation sites is 1. The van der Waals surface area contributed by atoms with Gasteiger partial charge in [-0.25, -0.2) is 0 Å². The zero-order chi connectivity index (χ0) is 22.1. The zero-order valence-electron chi connectivity index (χ0n) is 17.2. The van der Waals surface area contributed by atoms with Crippen LogP contribution in [0.25, 0.3) is 5.57 Å². The lowest BCUT2D eigenvalue weighted by atomic mass is 10.1. The van der Waals surface area contributed by atoms with Crippen LogP contribution in [-0.4, -0.2) is 40.0 Å². The number of hydrogen-bond donors (Lipinski definition) is 1. The van der Waals surface area contributed by atoms with Crippen LogP contribution in [0.5, 0.6) is 0 Å². The van der Waals surface area contributed by atoms with Gasteiger partial charge in [-0.2, -0.15) is 0 Å². The van der Waals surface area contributed by atoms with E-state index in [4.69, 9.17) is 12.2 Å². The van der Waals surface area contributed by atoms with Crippen LogP contribution in [0.15, 0.2) is 53.4 Å². The van der Waals surface area contributed by atoms with Crippen LogP contribution in [0.4, 0.5) is 11.4 Å². The monoisotopic (exact) mass is 451 g/mol. The predicted molar refractivity (Wildman–Crippen MR) is 128 cm³/mol. The molecule has 8 heteroatoms. The van der Waals surface area contributed by atoms with E-state index >= 15 is 0 Å². The van der Waals surface area contributed by atoms with Crippen molar-refractivity contribution in [3.05, 3.63) is 64.6 Å². The fraction of sp³-hybridized carbons (Fsp3) is 0.217. The van der Waals surface area contributed by atoms with E-state index in [0.29, 0.717) is 38.3 Å². The van der Waals surface area contributed by atoms with Crippen LogP contribution in [0, 0.1) is 6.92 Å². The van der Waals surface area contributed by atoms with Gasteiger partial charge in [0.1, 0.15) is 10.9 Å². The zero-order valence-corrected chi connectivity index (χ0v) is 18.8. The number of thiocarbonyl (C=S) groups is 1. The number of hydrogen-bond acceptors (Lipinski definition) is 5. The molecule has 4 rings (SSSR count). The Hall–Kier alpha value is -2.97. The van der Waals surface area contributed by atoms with E-state index < -0.39 is 0 Å². The van der Waals surface area contributed by atoms with Crippen molar-refractivity contribution in [1.82, 2.24) is 4.90 Å². The van der Waals surface area contributed by atoms with Gasteiger partial charge in [0.05, 0.1) is 16.2 Å². The Labute approximate surface area is 190 Å². The first-order valence-corrected chi connectivity index (χ1v) is 11.2. The highest BCUT2D eigenvalue weighted by Crippen LogP contribution is 2.44. The molecule has 0 bridgehead atoms. The quantitative estimate of drug-likeness (QED) is 0.550. The molecule has 2 aromatic carbocycles. The Morgan fingerprint density at radius 3 is 2.45 bits per heavy atom. The molecule has 1 saturated heterocycles. The number of nitrogens with one attached hydrogen (secondary N) is 1. The third kappa shape index (κ3) is 4.00. The summed E-state index contributed by atoms with van der Waals surface area (Å²) in [5.41, 5.74) is 3.33. The first-order chi connectivity index (χ1) is 14.9. The molecule has 0 atom stereocenters. The van der Waals surface area contributed by atoms with Gasteiger partial charge >= 0.3 is 0 Å². The summed E-state index contributed by atoms with van der Waals surface area (Å²) in [5.74, 6) is -0.926. The van der Waals surface area contributed by atoms with Crippen molar-refractivity contribution in [2.45, 2.75) is 20.3 Å². The second-order valence-corrected chi connectivity index (χ2v) is 9.00. The number of aryl methyl sites for hydroxylation is 1. The molecule has 0 aromatic heterocycles. The maximum Gasteiger partial charge on any atom is 0.267 e. The third-order valence-electron chi connectivity index (χ3n) is 5.08. The second-order valence-electron chi connectivity index (χ2n) is 7.35. The third-order valence-corrected chi connectivity index (χ3v) is 6.53. The Morgan fingerprint density at radius 1 is 1.03 bits per heavy atom. The maximum absolute atomic E-state index is 13.4. The van der Waals surface area contributed by atoms with Gasteiger partial charge in [-0.3, -0.25) is 24.2 Å². The number of thioether (sulfide) groups is 1. The lowest BCUT2D eigenvalue weighted by molar-refractivity contribution is -0.122. The summed E-state index contributed by atoms with van der Waals surface area (Å²) in [4.78, 5) is 42.3. The van der Waals surface area contributed by atoms with E-state index in [0.717, 1.165) is 23.7 Å². The average Bonchev–Trinajstić information content (AvgIpc) is 3.18. The smallest absolute Gasteiger partial charge is 0.267 e. The summed E-state index contributed by atoms with van der Waals surface area (Å²) in [6, 6.07) is 14.6. The standard InChI is InChI=1S/C23H21N3O3S2/c1-3-12-25-22(29)20(31-23(25)30)19-16-6-4-5-7-17(16)26(21(19)28)13-18(27)24-15-10-8-14(2)9-11-15/h4-11H,3,12-13H2,1-2H3,(H,24,27)/b20-19-. The molecule has 2 aliphatic heterocycles. The van der Waals surface area contributed by atoms with Crippen molar-refractivity contribution in [3.8, 4) is 0 Å². The Balaban J connectivity index is 1.64. The predicted octanol–water partition coefficient (Wildman–Crippen LogP) is 3.96. The number of amides is 3. The highest BCUT2D eigenvalue weighted by atomic mass is 32.2. The Bertz CT molecular complexity index is 1130. The molecule has 2 aliphatic rings. The molecule has 0 spiro atoms. The van der Waals surface area contributed by atoms with E-state index in [9.17, 15) is 14.4 Å². The number of rotatable bonds is 5. The molecule has 1 N–H and O–H groups in total. The van der Waals surface area contributed by atoms with E-state index in [1.165, 1.54) is 9.80 Å². The number of carbonyl (C=O) groups is 3. The SMILES string of the molecule is CCCN1C(=O)/C(=C2/C(=O)N(CC(=O)Nc3ccc(C)cc3)c3ccccc32)SC1=S. The van der Waals surface area contributed by atoms with Gasteiger partial charge in [0.15, 0.2) is 0 Å². The second kappa shape index (κ2) is 8.64. The molecule has 2 heterocycles. The van der Waals surface area contributed by atoms with Crippen LogP contribution in [0.3, 0.4) is 0 Å². The highest BCUT2D eigenvalue weighted by molar-refractivity contribution is 8.26. The van der Waals surface area contributed by atoms with Gasteiger partial charge in [0.25, 0.3) is 11.8 Å². The maximum atomic E-state index is 13.4. The molecule has 2 aromatic rings. The molecule has 0 radical (unpaired) electrons. The van der Waals surface area contributed by atoms with Crippen LogP contribution < -0.4 is 10.2 Å². The molecular formula is C23H21N3O3S2. The number of benzene rings is 2. The summed E-state index contributed by atoms with van der Waals surface area (Å²) >= 11 is 6.51. The minimum atomic E-state index is -0.364. The molecule has 0 saturated carbocycles. The van der Waals surface area contributed by atoms with Crippen LogP contribution in [0.1, 0.15) is 24.5 Å². The molecule has 1 fully saturated rings. The van der Waals surface area contributed by atoms with E-state index in [2.05, 4.69) is 5.32 Å². The Morgan fingerprint density at radius 2 is 1.74 bits per heavy atom. The molecule has 3 amide bonds. The van der Waals surface area contributed by atoms with Crippen molar-refractivity contribution in [2.75, 3.05) is 23.3 Å². The van der Waals surface area contributed by atoms with E-state index in [-0.39, 0.29) is 24.3 Å². The fourth-order valence-electron chi connectivity index (χ4n) is 3.60. The number of fused-ring (bicyclic) bond motifs is 1. The highest BCUT2D eigenvalue weighted by Gasteiger charge is 2.42. The minimum absolute atomic E-state index is 0.150. The normalized spacial score (nSPS) is 18.1. The van der Waals surface area contributed by atoms with Gasteiger partial charge in [0.2, 0.25) is 5.91 Å². The van der Waals surface area contributed by atoms with Crippen LogP contribution >= 0.6 is 24.0 Å². The number of nitrogens with zero attached hydrogens (tertiary/aromatic N) is 2. The van der Waals surface area contributed by atoms with Gasteiger partial charge < -0.3 is 5.32 Å². The van der Waals surface area contributed by atoms with Crippen molar-refractivity contribution < 1.29 is 14.4 Å². The summed E-state index contributed by atoms with van der Waals surface area (Å²) in [6.45, 7) is 4.30. The lowest BCUT2D eigenvalue weighted by Gasteiger charge is -2.17. The number of anilines is 2. The molecular weight excluding hydrogens is 430 g/mol. The van der Waals surface area contributed by atoms with Gasteiger partial charge in [-0.1, -0.05) is 66.8 Å². The van der Waals surface area contributed by atoms with Gasteiger partial charge in [-0.05, 0) is 31.5 Å². The summed E-state index contributed by atoms with van der Waals surface area (Å²) < 4.78 is 0.454. The van der Waals surface area contributed by atoms with Crippen molar-refractivity contribution in [1.29, 1.82) is 0 Å². The molecule has 0 aliphatic carbocycles. The van der Waals surface area contributed by atoms with E-state index in [1.807, 2.05) is 50.2 Å². The average molecular weight is 452 g/mol. The van der Waals surface area contributed by atoms with Crippen molar-refractivity contribution in [3.63, 3.8) is 0 Å². The molecule has 0 unspecified atom stereocenters. The summed E-state index contributed by atoms with van der Waals surface area (Å²) in [5, 5.41) is 2.82. The van der Waals surface area contributed by atoms with Crippen molar-refractivity contribution in [2.24, 2.45) is 0 Å². The molecule has 31 heavy (non-hydrogen) atoms. The van der Waals surface area contributed by atoms with Crippen molar-refractivity contribution >= 4 is 63.0 Å². The van der Waals surface area contributed by atoms with Gasteiger partial charge in [-0.15, -0.1) is 0 Å². The lowest BCUT2D eigenvalue weighted by Crippen LogP contribution is -2.35. The summed E-state index contributed by atoms with van der Waals surface area (Å²) in [7, 11) is 0. The van der Waals surface area contributed by atoms with Crippen LogP contribution in [-0.2, 0) is 14.4 Å². The Kier molecular flexibility index (Phi) is 5.93. The molecule has 158 valence electrons. The first kappa shape index (κ1) is 21.3. The largest absolute Gasteiger partial charge is 0.325 e. The van der Waals surface area contributed by atoms with Crippen LogP contribution in [0.2, 0.25) is 0 Å². The topological polar surface area (TPSA) is 69.7 Å². The molecule has 6 nitrogen and oxygen atoms in total. The minimum Gasteiger partial charge on any atom is -0.325 e. The summed E-state index contributed by atoms with van der Waals surface area (Å²) in [6.07, 6.45) is 0.769. The van der Waals surface area contributed by atoms with Gasteiger partial charge in [0, 0.05) is 17.8 Å².